The van der Waals surface area contributed by atoms with E-state index in [4.69, 9.17) is 4.98 Å². The molecule has 176 valence electrons. The number of rotatable bonds is 6. The van der Waals surface area contributed by atoms with Crippen molar-refractivity contribution in [3.8, 4) is 0 Å². The molecule has 8 heteroatoms. The SMILES string of the molecule is Cc1cc(C)c(Nc2nc(NC3CCN(Cc4ccccc4F)CC3)nc3nc[nH]c23)c(C)c1. The van der Waals surface area contributed by atoms with Gasteiger partial charge in [-0.3, -0.25) is 4.90 Å². The minimum absolute atomic E-state index is 0.137. The number of likely N-dealkylation sites (tertiary alicyclic amines) is 1. The van der Waals surface area contributed by atoms with Crippen LogP contribution in [-0.4, -0.2) is 44.0 Å². The summed E-state index contributed by atoms with van der Waals surface area (Å²) >= 11 is 0. The summed E-state index contributed by atoms with van der Waals surface area (Å²) in [5, 5.41) is 7.01. The third-order valence-corrected chi connectivity index (χ3v) is 6.48. The average Bonchev–Trinajstić information content (AvgIpc) is 3.28. The van der Waals surface area contributed by atoms with Crippen LogP contribution >= 0.6 is 0 Å². The molecule has 4 aromatic rings. The fourth-order valence-electron chi connectivity index (χ4n) is 4.77. The largest absolute Gasteiger partial charge is 0.351 e. The Morgan fingerprint density at radius 1 is 1.06 bits per heavy atom. The van der Waals surface area contributed by atoms with Crippen LogP contribution in [0.3, 0.4) is 0 Å². The lowest BCUT2D eigenvalue weighted by molar-refractivity contribution is 0.208. The third kappa shape index (κ3) is 4.72. The Bertz CT molecular complexity index is 1280. The monoisotopic (exact) mass is 459 g/mol. The molecule has 3 heterocycles. The van der Waals surface area contributed by atoms with Crippen molar-refractivity contribution in [2.75, 3.05) is 23.7 Å². The van der Waals surface area contributed by atoms with Gasteiger partial charge in [0.2, 0.25) is 5.95 Å². The zero-order valence-electron chi connectivity index (χ0n) is 19.8. The lowest BCUT2D eigenvalue weighted by atomic mass is 10.0. The molecule has 0 amide bonds. The molecule has 1 aliphatic heterocycles. The van der Waals surface area contributed by atoms with Crippen molar-refractivity contribution in [3.05, 3.63) is 70.8 Å². The lowest BCUT2D eigenvalue weighted by Gasteiger charge is -2.32. The van der Waals surface area contributed by atoms with Crippen LogP contribution in [0.15, 0.2) is 42.7 Å². The second-order valence-corrected chi connectivity index (χ2v) is 9.18. The number of benzene rings is 2. The molecule has 2 aromatic heterocycles. The first-order valence-corrected chi connectivity index (χ1v) is 11.7. The Kier molecular flexibility index (Phi) is 6.15. The quantitative estimate of drug-likeness (QED) is 0.366. The molecular formula is C26H30FN7. The van der Waals surface area contributed by atoms with E-state index >= 15 is 0 Å². The maximum Gasteiger partial charge on any atom is 0.227 e. The molecule has 1 fully saturated rings. The minimum Gasteiger partial charge on any atom is -0.351 e. The lowest BCUT2D eigenvalue weighted by Crippen LogP contribution is -2.39. The molecule has 0 saturated carbocycles. The van der Waals surface area contributed by atoms with Crippen LogP contribution in [0.25, 0.3) is 11.2 Å². The minimum atomic E-state index is -0.137. The van der Waals surface area contributed by atoms with E-state index in [0.29, 0.717) is 24.0 Å². The highest BCUT2D eigenvalue weighted by molar-refractivity contribution is 5.87. The number of H-pyrrole nitrogens is 1. The summed E-state index contributed by atoms with van der Waals surface area (Å²) in [6.07, 6.45) is 3.52. The second kappa shape index (κ2) is 9.38. The van der Waals surface area contributed by atoms with Gasteiger partial charge in [0, 0.05) is 36.9 Å². The van der Waals surface area contributed by atoms with E-state index < -0.39 is 0 Å². The molecule has 7 nitrogen and oxygen atoms in total. The van der Waals surface area contributed by atoms with Gasteiger partial charge in [-0.2, -0.15) is 9.97 Å². The van der Waals surface area contributed by atoms with Gasteiger partial charge < -0.3 is 15.6 Å². The summed E-state index contributed by atoms with van der Waals surface area (Å²) in [6.45, 7) is 8.72. The second-order valence-electron chi connectivity index (χ2n) is 9.18. The van der Waals surface area contributed by atoms with Crippen LogP contribution in [0.1, 0.15) is 35.1 Å². The number of hydrogen-bond donors (Lipinski definition) is 3. The van der Waals surface area contributed by atoms with Gasteiger partial charge in [0.1, 0.15) is 11.3 Å². The van der Waals surface area contributed by atoms with E-state index in [1.807, 2.05) is 12.1 Å². The smallest absolute Gasteiger partial charge is 0.227 e. The van der Waals surface area contributed by atoms with E-state index in [-0.39, 0.29) is 11.9 Å². The number of aromatic nitrogens is 4. The molecule has 0 aliphatic carbocycles. The van der Waals surface area contributed by atoms with Gasteiger partial charge in [-0.25, -0.2) is 9.37 Å². The van der Waals surface area contributed by atoms with Gasteiger partial charge in [-0.15, -0.1) is 0 Å². The predicted molar refractivity (Wildman–Crippen MR) is 134 cm³/mol. The summed E-state index contributed by atoms with van der Waals surface area (Å²) in [4.78, 5) is 19.2. The molecule has 0 radical (unpaired) electrons. The number of aryl methyl sites for hydroxylation is 3. The van der Waals surface area contributed by atoms with Crippen LogP contribution in [-0.2, 0) is 6.54 Å². The predicted octanol–water partition coefficient (Wildman–Crippen LogP) is 5.24. The van der Waals surface area contributed by atoms with Gasteiger partial charge in [0.05, 0.1) is 6.33 Å². The van der Waals surface area contributed by atoms with Crippen LogP contribution in [0, 0.1) is 26.6 Å². The zero-order valence-corrected chi connectivity index (χ0v) is 19.8. The molecule has 2 aromatic carbocycles. The summed E-state index contributed by atoms with van der Waals surface area (Å²) in [5.41, 5.74) is 6.77. The maximum atomic E-state index is 14.0. The van der Waals surface area contributed by atoms with Crippen molar-refractivity contribution >= 4 is 28.6 Å². The topological polar surface area (TPSA) is 81.8 Å². The number of nitrogens with zero attached hydrogens (tertiary/aromatic N) is 4. The Hall–Kier alpha value is -3.52. The zero-order chi connectivity index (χ0) is 23.7. The number of nitrogens with one attached hydrogen (secondary N) is 3. The number of aromatic amines is 1. The summed E-state index contributed by atoms with van der Waals surface area (Å²) in [6, 6.07) is 11.6. The highest BCUT2D eigenvalue weighted by atomic mass is 19.1. The summed E-state index contributed by atoms with van der Waals surface area (Å²) in [7, 11) is 0. The standard InChI is InChI=1S/C26H30FN7/c1-16-12-17(2)22(18(3)13-16)31-25-23-24(29-15-28-23)32-26(33-25)30-20-8-10-34(11-9-20)14-19-6-4-5-7-21(19)27/h4-7,12-13,15,20H,8-11,14H2,1-3H3,(H3,28,29,30,31,32,33). The molecule has 1 aliphatic rings. The van der Waals surface area contributed by atoms with Crippen LogP contribution in [0.2, 0.25) is 0 Å². The first kappa shape index (κ1) is 22.3. The van der Waals surface area contributed by atoms with Crippen LogP contribution < -0.4 is 10.6 Å². The van der Waals surface area contributed by atoms with E-state index in [2.05, 4.69) is 63.4 Å². The third-order valence-electron chi connectivity index (χ3n) is 6.48. The van der Waals surface area contributed by atoms with Crippen molar-refractivity contribution in [1.82, 2.24) is 24.8 Å². The number of imidazole rings is 1. The van der Waals surface area contributed by atoms with Crippen molar-refractivity contribution in [2.45, 2.75) is 46.2 Å². The first-order chi connectivity index (χ1) is 16.5. The molecule has 0 unspecified atom stereocenters. The Morgan fingerprint density at radius 3 is 2.53 bits per heavy atom. The summed E-state index contributed by atoms with van der Waals surface area (Å²) in [5.74, 6) is 1.14. The maximum absolute atomic E-state index is 14.0. The number of anilines is 3. The average molecular weight is 460 g/mol. The number of piperidine rings is 1. The Labute approximate surface area is 198 Å². The molecule has 0 atom stereocenters. The van der Waals surface area contributed by atoms with E-state index in [1.54, 1.807) is 12.4 Å². The number of halogens is 1. The van der Waals surface area contributed by atoms with Gasteiger partial charge in [-0.05, 0) is 50.8 Å². The van der Waals surface area contributed by atoms with Crippen molar-refractivity contribution in [2.24, 2.45) is 0 Å². The van der Waals surface area contributed by atoms with Crippen molar-refractivity contribution in [3.63, 3.8) is 0 Å². The number of hydrogen-bond acceptors (Lipinski definition) is 6. The number of fused-ring (bicyclic) bond motifs is 1. The molecule has 0 spiro atoms. The molecule has 3 N–H and O–H groups in total. The highest BCUT2D eigenvalue weighted by Gasteiger charge is 2.22. The van der Waals surface area contributed by atoms with Crippen molar-refractivity contribution in [1.29, 1.82) is 0 Å². The Morgan fingerprint density at radius 2 is 1.79 bits per heavy atom. The van der Waals surface area contributed by atoms with Gasteiger partial charge in [-0.1, -0.05) is 35.9 Å². The molecule has 34 heavy (non-hydrogen) atoms. The normalized spacial score (nSPS) is 15.1. The summed E-state index contributed by atoms with van der Waals surface area (Å²) < 4.78 is 14.0. The molecule has 5 rings (SSSR count). The van der Waals surface area contributed by atoms with Gasteiger partial charge in [0.25, 0.3) is 0 Å². The van der Waals surface area contributed by atoms with Crippen molar-refractivity contribution < 1.29 is 4.39 Å². The van der Waals surface area contributed by atoms with E-state index in [1.165, 1.54) is 22.8 Å². The fraction of sp³-hybridized carbons (Fsp3) is 0.346. The van der Waals surface area contributed by atoms with E-state index in [0.717, 1.165) is 42.7 Å². The molecule has 0 bridgehead atoms. The highest BCUT2D eigenvalue weighted by Crippen LogP contribution is 2.29. The molecule has 1 saturated heterocycles. The Balaban J connectivity index is 1.29. The molecular weight excluding hydrogens is 429 g/mol. The first-order valence-electron chi connectivity index (χ1n) is 11.7. The van der Waals surface area contributed by atoms with Crippen LogP contribution in [0.5, 0.6) is 0 Å². The van der Waals surface area contributed by atoms with Crippen LogP contribution in [0.4, 0.5) is 21.8 Å². The van der Waals surface area contributed by atoms with Gasteiger partial charge >= 0.3 is 0 Å². The van der Waals surface area contributed by atoms with Gasteiger partial charge in [0.15, 0.2) is 11.5 Å². The van der Waals surface area contributed by atoms with E-state index in [9.17, 15) is 4.39 Å². The fourth-order valence-corrected chi connectivity index (χ4v) is 4.77.